The van der Waals surface area contributed by atoms with Crippen molar-refractivity contribution in [1.29, 1.82) is 0 Å². The maximum absolute atomic E-state index is 13.2. The number of nitro benzene ring substituents is 2. The number of hydrogen-bond donors (Lipinski definition) is 0. The van der Waals surface area contributed by atoms with Crippen LogP contribution >= 0.6 is 23.2 Å². The molecule has 0 heterocycles. The fraction of sp³-hybridized carbons (Fsp3) is 0.455. The van der Waals surface area contributed by atoms with E-state index in [9.17, 15) is 33.4 Å². The number of halogens is 5. The zero-order valence-electron chi connectivity index (χ0n) is 11.3. The zero-order chi connectivity index (χ0) is 17.8. The third-order valence-corrected chi connectivity index (χ3v) is 3.15. The van der Waals surface area contributed by atoms with Gasteiger partial charge < -0.3 is 4.90 Å². The van der Waals surface area contributed by atoms with Crippen LogP contribution < -0.4 is 4.90 Å². The Labute approximate surface area is 137 Å². The highest BCUT2D eigenvalue weighted by molar-refractivity contribution is 6.18. The molecule has 0 saturated heterocycles. The molecule has 0 radical (unpaired) electrons. The molecule has 0 fully saturated rings. The van der Waals surface area contributed by atoms with Crippen LogP contribution in [0.25, 0.3) is 0 Å². The third-order valence-electron chi connectivity index (χ3n) is 2.81. The van der Waals surface area contributed by atoms with Crippen LogP contribution in [0.5, 0.6) is 0 Å². The first-order valence-corrected chi connectivity index (χ1v) is 7.11. The standard InChI is InChI=1S/C11H10Cl2F3N3O4/c12-1-3-17(4-2-13)10-8(11(14,15)16)5-7(18(20)21)6-9(10)19(22)23/h5-6H,1-4H2. The molecule has 0 aliphatic heterocycles. The van der Waals surface area contributed by atoms with Gasteiger partial charge in [0.15, 0.2) is 0 Å². The molecule has 0 amide bonds. The van der Waals surface area contributed by atoms with Crippen LogP contribution in [-0.2, 0) is 6.18 Å². The first kappa shape index (κ1) is 19.2. The van der Waals surface area contributed by atoms with Gasteiger partial charge in [-0.3, -0.25) is 20.2 Å². The van der Waals surface area contributed by atoms with E-state index in [1.165, 1.54) is 0 Å². The lowest BCUT2D eigenvalue weighted by molar-refractivity contribution is -0.394. The number of rotatable bonds is 7. The summed E-state index contributed by atoms with van der Waals surface area (Å²) in [6.07, 6.45) is -5.02. The lowest BCUT2D eigenvalue weighted by Crippen LogP contribution is -2.30. The van der Waals surface area contributed by atoms with Crippen molar-refractivity contribution in [3.63, 3.8) is 0 Å². The lowest BCUT2D eigenvalue weighted by Gasteiger charge is -2.25. The third kappa shape index (κ3) is 4.58. The van der Waals surface area contributed by atoms with E-state index in [-0.39, 0.29) is 30.9 Å². The van der Waals surface area contributed by atoms with Crippen LogP contribution in [0, 0.1) is 20.2 Å². The lowest BCUT2D eigenvalue weighted by atomic mass is 10.1. The highest BCUT2D eigenvalue weighted by atomic mass is 35.5. The molecule has 1 aromatic rings. The summed E-state index contributed by atoms with van der Waals surface area (Å²) in [7, 11) is 0. The Hall–Kier alpha value is -1.81. The molecule has 0 atom stereocenters. The van der Waals surface area contributed by atoms with E-state index in [0.29, 0.717) is 6.07 Å². The topological polar surface area (TPSA) is 89.5 Å². The maximum atomic E-state index is 13.2. The molecule has 1 rings (SSSR count). The maximum Gasteiger partial charge on any atom is 0.418 e. The summed E-state index contributed by atoms with van der Waals surface area (Å²) in [6, 6.07) is 0.748. The van der Waals surface area contributed by atoms with Crippen molar-refractivity contribution in [3.05, 3.63) is 37.9 Å². The summed E-state index contributed by atoms with van der Waals surface area (Å²) in [5, 5.41) is 21.9. The van der Waals surface area contributed by atoms with Gasteiger partial charge in [-0.15, -0.1) is 23.2 Å². The average Bonchev–Trinajstić information content (AvgIpc) is 2.44. The second kappa shape index (κ2) is 7.64. The highest BCUT2D eigenvalue weighted by Gasteiger charge is 2.41. The Balaban J connectivity index is 3.74. The van der Waals surface area contributed by atoms with Crippen LogP contribution in [0.15, 0.2) is 12.1 Å². The van der Waals surface area contributed by atoms with Gasteiger partial charge in [-0.1, -0.05) is 0 Å². The molecule has 128 valence electrons. The number of alkyl halides is 5. The average molecular weight is 376 g/mol. The van der Waals surface area contributed by atoms with E-state index in [0.717, 1.165) is 4.90 Å². The summed E-state index contributed by atoms with van der Waals surface area (Å²) in [5.41, 5.74) is -4.31. The normalized spacial score (nSPS) is 11.3. The molecular formula is C11H10Cl2F3N3O4. The summed E-state index contributed by atoms with van der Waals surface area (Å²) in [4.78, 5) is 20.6. The smallest absolute Gasteiger partial charge is 0.363 e. The zero-order valence-corrected chi connectivity index (χ0v) is 12.9. The highest BCUT2D eigenvalue weighted by Crippen LogP contribution is 2.44. The summed E-state index contributed by atoms with van der Waals surface area (Å²) < 4.78 is 39.7. The minimum atomic E-state index is -5.02. The Kier molecular flexibility index (Phi) is 6.39. The Morgan fingerprint density at radius 1 is 1.04 bits per heavy atom. The van der Waals surface area contributed by atoms with E-state index in [1.54, 1.807) is 0 Å². The van der Waals surface area contributed by atoms with Crippen LogP contribution in [0.2, 0.25) is 0 Å². The number of benzene rings is 1. The Morgan fingerprint density at radius 3 is 1.91 bits per heavy atom. The fourth-order valence-corrected chi connectivity index (χ4v) is 2.34. The van der Waals surface area contributed by atoms with E-state index in [2.05, 4.69) is 0 Å². The minimum absolute atomic E-state index is 0.109. The first-order valence-electron chi connectivity index (χ1n) is 6.04. The SMILES string of the molecule is O=[N+]([O-])c1cc([N+](=O)[O-])c(N(CCCl)CCCl)c(C(F)(F)F)c1. The van der Waals surface area contributed by atoms with Gasteiger partial charge >= 0.3 is 6.18 Å². The van der Waals surface area contributed by atoms with Crippen molar-refractivity contribution in [2.75, 3.05) is 29.7 Å². The fourth-order valence-electron chi connectivity index (χ4n) is 1.94. The van der Waals surface area contributed by atoms with Crippen molar-refractivity contribution in [2.45, 2.75) is 6.18 Å². The van der Waals surface area contributed by atoms with Gasteiger partial charge in [0.1, 0.15) is 5.69 Å². The second-order valence-corrected chi connectivity index (χ2v) is 4.99. The molecule has 0 aliphatic rings. The number of anilines is 1. The predicted molar refractivity (Wildman–Crippen MR) is 78.4 cm³/mol. The van der Waals surface area contributed by atoms with Crippen LogP contribution in [0.4, 0.5) is 30.2 Å². The molecule has 0 unspecified atom stereocenters. The number of nitro groups is 2. The Morgan fingerprint density at radius 2 is 1.57 bits per heavy atom. The molecular weight excluding hydrogens is 366 g/mol. The molecule has 1 aromatic carbocycles. The van der Waals surface area contributed by atoms with E-state index >= 15 is 0 Å². The van der Waals surface area contributed by atoms with E-state index < -0.39 is 38.6 Å². The van der Waals surface area contributed by atoms with Gasteiger partial charge in [-0.2, -0.15) is 13.2 Å². The summed E-state index contributed by atoms with van der Waals surface area (Å²) >= 11 is 11.0. The van der Waals surface area contributed by atoms with Crippen LogP contribution in [-0.4, -0.2) is 34.7 Å². The van der Waals surface area contributed by atoms with E-state index in [4.69, 9.17) is 23.2 Å². The largest absolute Gasteiger partial charge is 0.418 e. The number of nitrogens with zero attached hydrogens (tertiary/aromatic N) is 3. The molecule has 12 heteroatoms. The molecule has 0 aromatic heterocycles. The van der Waals surface area contributed by atoms with Crippen molar-refractivity contribution in [2.24, 2.45) is 0 Å². The van der Waals surface area contributed by atoms with Gasteiger partial charge in [0, 0.05) is 30.9 Å². The number of hydrogen-bond acceptors (Lipinski definition) is 5. The van der Waals surface area contributed by atoms with Crippen molar-refractivity contribution >= 4 is 40.3 Å². The molecule has 0 saturated carbocycles. The van der Waals surface area contributed by atoms with Crippen LogP contribution in [0.3, 0.4) is 0 Å². The molecule has 0 spiro atoms. The summed E-state index contributed by atoms with van der Waals surface area (Å²) in [5.74, 6) is -0.218. The second-order valence-electron chi connectivity index (χ2n) is 4.24. The summed E-state index contributed by atoms with van der Waals surface area (Å²) in [6.45, 7) is -0.286. The van der Waals surface area contributed by atoms with Crippen molar-refractivity contribution < 1.29 is 23.0 Å². The van der Waals surface area contributed by atoms with Crippen molar-refractivity contribution in [1.82, 2.24) is 0 Å². The van der Waals surface area contributed by atoms with Crippen LogP contribution in [0.1, 0.15) is 5.56 Å². The van der Waals surface area contributed by atoms with Gasteiger partial charge in [0.2, 0.25) is 0 Å². The predicted octanol–water partition coefficient (Wildman–Crippen LogP) is 3.81. The molecule has 0 bridgehead atoms. The molecule has 7 nitrogen and oxygen atoms in total. The minimum Gasteiger partial charge on any atom is -0.363 e. The molecule has 0 N–H and O–H groups in total. The quantitative estimate of drug-likeness (QED) is 0.410. The first-order chi connectivity index (χ1) is 10.6. The van der Waals surface area contributed by atoms with Crippen molar-refractivity contribution in [3.8, 4) is 0 Å². The van der Waals surface area contributed by atoms with Gasteiger partial charge in [-0.25, -0.2) is 0 Å². The molecule has 23 heavy (non-hydrogen) atoms. The van der Waals surface area contributed by atoms with E-state index in [1.807, 2.05) is 0 Å². The number of non-ortho nitro benzene ring substituents is 1. The van der Waals surface area contributed by atoms with Gasteiger partial charge in [0.25, 0.3) is 11.4 Å². The Bertz CT molecular complexity index is 607. The monoisotopic (exact) mass is 375 g/mol. The molecule has 0 aliphatic carbocycles. The van der Waals surface area contributed by atoms with Gasteiger partial charge in [0.05, 0.1) is 21.5 Å². The van der Waals surface area contributed by atoms with Gasteiger partial charge in [-0.05, 0) is 0 Å².